The summed E-state index contributed by atoms with van der Waals surface area (Å²) in [5, 5.41) is 2.75. The van der Waals surface area contributed by atoms with E-state index in [4.69, 9.17) is 0 Å². The first-order valence-corrected chi connectivity index (χ1v) is 4.71. The number of carbonyl (C=O) groups is 1. The van der Waals surface area contributed by atoms with Crippen molar-refractivity contribution in [2.75, 3.05) is 6.54 Å². The quantitative estimate of drug-likeness (QED) is 0.765. The van der Waals surface area contributed by atoms with Gasteiger partial charge in [0.15, 0.2) is 0 Å². The first-order chi connectivity index (χ1) is 5.70. The summed E-state index contributed by atoms with van der Waals surface area (Å²) in [6, 6.07) is 0. The summed E-state index contributed by atoms with van der Waals surface area (Å²) in [6.07, 6.45) is 0.885. The highest BCUT2D eigenvalue weighted by Gasteiger charge is 2.00. The lowest BCUT2D eigenvalue weighted by Crippen LogP contribution is -2.22. The second-order valence-electron chi connectivity index (χ2n) is 2.59. The van der Waals surface area contributed by atoms with Gasteiger partial charge in [0.25, 0.3) is 0 Å². The molecule has 0 aliphatic heterocycles. The zero-order valence-corrected chi connectivity index (χ0v) is 8.07. The van der Waals surface area contributed by atoms with Crippen LogP contribution in [-0.2, 0) is 11.2 Å². The van der Waals surface area contributed by atoms with Gasteiger partial charge in [0.1, 0.15) is 0 Å². The topological polar surface area (TPSA) is 42.0 Å². The van der Waals surface area contributed by atoms with Crippen molar-refractivity contribution in [1.82, 2.24) is 10.3 Å². The maximum absolute atomic E-state index is 10.5. The molecule has 0 radical (unpaired) electrons. The summed E-state index contributed by atoms with van der Waals surface area (Å²) < 4.78 is 0. The van der Waals surface area contributed by atoms with E-state index in [0.717, 1.165) is 12.1 Å². The Hall–Kier alpha value is -0.900. The average Bonchev–Trinajstić information content (AvgIpc) is 2.36. The van der Waals surface area contributed by atoms with E-state index in [1.807, 2.05) is 12.4 Å². The first-order valence-electron chi connectivity index (χ1n) is 3.83. The van der Waals surface area contributed by atoms with Gasteiger partial charge >= 0.3 is 0 Å². The van der Waals surface area contributed by atoms with Crippen LogP contribution in [0.3, 0.4) is 0 Å². The van der Waals surface area contributed by atoms with E-state index >= 15 is 0 Å². The molecule has 12 heavy (non-hydrogen) atoms. The standard InChI is InChI=1S/C8H12N2OS/c1-6-8(12-5-10-6)3-4-9-7(2)11/h5H,3-4H2,1-2H3,(H,9,11). The van der Waals surface area contributed by atoms with Crippen molar-refractivity contribution in [2.45, 2.75) is 20.3 Å². The fourth-order valence-electron chi connectivity index (χ4n) is 0.918. The monoisotopic (exact) mass is 184 g/mol. The molecule has 0 aliphatic carbocycles. The SMILES string of the molecule is CC(=O)NCCc1scnc1C. The highest BCUT2D eigenvalue weighted by molar-refractivity contribution is 7.09. The van der Waals surface area contributed by atoms with Crippen molar-refractivity contribution in [3.8, 4) is 0 Å². The lowest BCUT2D eigenvalue weighted by atomic mass is 10.3. The van der Waals surface area contributed by atoms with Crippen molar-refractivity contribution < 1.29 is 4.79 Å². The molecule has 0 bridgehead atoms. The molecule has 0 fully saturated rings. The number of carbonyl (C=O) groups excluding carboxylic acids is 1. The fraction of sp³-hybridized carbons (Fsp3) is 0.500. The summed E-state index contributed by atoms with van der Waals surface area (Å²) in [7, 11) is 0. The summed E-state index contributed by atoms with van der Waals surface area (Å²) in [4.78, 5) is 15.9. The number of hydrogen-bond acceptors (Lipinski definition) is 3. The van der Waals surface area contributed by atoms with Gasteiger partial charge < -0.3 is 5.32 Å². The number of aromatic nitrogens is 1. The minimum Gasteiger partial charge on any atom is -0.356 e. The van der Waals surface area contributed by atoms with E-state index < -0.39 is 0 Å². The van der Waals surface area contributed by atoms with Gasteiger partial charge in [-0.05, 0) is 6.92 Å². The number of rotatable bonds is 3. The second kappa shape index (κ2) is 4.21. The molecule has 1 aromatic heterocycles. The number of hydrogen-bond donors (Lipinski definition) is 1. The van der Waals surface area contributed by atoms with Gasteiger partial charge in [0.2, 0.25) is 5.91 Å². The van der Waals surface area contributed by atoms with Crippen LogP contribution in [0.15, 0.2) is 5.51 Å². The third-order valence-corrected chi connectivity index (χ3v) is 2.57. The zero-order chi connectivity index (χ0) is 8.97. The molecule has 4 heteroatoms. The van der Waals surface area contributed by atoms with Gasteiger partial charge in [-0.25, -0.2) is 4.98 Å². The van der Waals surface area contributed by atoms with Crippen LogP contribution in [0.5, 0.6) is 0 Å². The van der Waals surface area contributed by atoms with Crippen LogP contribution in [0.2, 0.25) is 0 Å². The summed E-state index contributed by atoms with van der Waals surface area (Å²) in [5.41, 5.74) is 2.91. The Labute approximate surface area is 75.8 Å². The van der Waals surface area contributed by atoms with Crippen LogP contribution in [0.1, 0.15) is 17.5 Å². The number of nitrogens with one attached hydrogen (secondary N) is 1. The molecule has 0 saturated heterocycles. The summed E-state index contributed by atoms with van der Waals surface area (Å²) in [5.74, 6) is 0.0252. The van der Waals surface area contributed by atoms with Gasteiger partial charge in [-0.3, -0.25) is 4.79 Å². The molecule has 1 N–H and O–H groups in total. The van der Waals surface area contributed by atoms with E-state index in [2.05, 4.69) is 10.3 Å². The minimum atomic E-state index is 0.0252. The van der Waals surface area contributed by atoms with Crippen molar-refractivity contribution >= 4 is 17.2 Å². The third-order valence-electron chi connectivity index (χ3n) is 1.57. The lowest BCUT2D eigenvalue weighted by Gasteiger charge is -1.99. The molecule has 0 aromatic carbocycles. The Balaban J connectivity index is 2.33. The molecule has 0 atom stereocenters. The fourth-order valence-corrected chi connectivity index (χ4v) is 1.70. The Kier molecular flexibility index (Phi) is 3.22. The van der Waals surface area contributed by atoms with Crippen LogP contribution < -0.4 is 5.32 Å². The van der Waals surface area contributed by atoms with E-state index in [1.54, 1.807) is 11.3 Å². The van der Waals surface area contributed by atoms with Gasteiger partial charge in [-0.15, -0.1) is 11.3 Å². The highest BCUT2D eigenvalue weighted by Crippen LogP contribution is 2.11. The lowest BCUT2D eigenvalue weighted by molar-refractivity contribution is -0.118. The molecule has 1 amide bonds. The minimum absolute atomic E-state index is 0.0252. The maximum atomic E-state index is 10.5. The predicted molar refractivity (Wildman–Crippen MR) is 49.2 cm³/mol. The summed E-state index contributed by atoms with van der Waals surface area (Å²) >= 11 is 1.64. The first kappa shape index (κ1) is 9.19. The number of aryl methyl sites for hydroxylation is 1. The maximum Gasteiger partial charge on any atom is 0.216 e. The van der Waals surface area contributed by atoms with Crippen LogP contribution >= 0.6 is 11.3 Å². The van der Waals surface area contributed by atoms with Crippen molar-refractivity contribution in [3.05, 3.63) is 16.1 Å². The van der Waals surface area contributed by atoms with Gasteiger partial charge in [-0.1, -0.05) is 0 Å². The number of thiazole rings is 1. The Morgan fingerprint density at radius 2 is 2.50 bits per heavy atom. The predicted octanol–water partition coefficient (Wildman–Crippen LogP) is 1.13. The Bertz CT molecular complexity index is 270. The molecule has 0 aliphatic rings. The molecule has 66 valence electrons. The molecule has 1 aromatic rings. The molecule has 1 rings (SSSR count). The van der Waals surface area contributed by atoms with E-state index in [1.165, 1.54) is 11.8 Å². The second-order valence-corrected chi connectivity index (χ2v) is 3.53. The molecule has 1 heterocycles. The average molecular weight is 184 g/mol. The van der Waals surface area contributed by atoms with Gasteiger partial charge in [0.05, 0.1) is 11.2 Å². The molecular formula is C8H12N2OS. The molecule has 0 unspecified atom stereocenters. The van der Waals surface area contributed by atoms with E-state index in [9.17, 15) is 4.79 Å². The number of nitrogens with zero attached hydrogens (tertiary/aromatic N) is 1. The normalized spacial score (nSPS) is 9.83. The van der Waals surface area contributed by atoms with Crippen molar-refractivity contribution in [2.24, 2.45) is 0 Å². The van der Waals surface area contributed by atoms with Crippen molar-refractivity contribution in [1.29, 1.82) is 0 Å². The van der Waals surface area contributed by atoms with Crippen LogP contribution in [0.25, 0.3) is 0 Å². The van der Waals surface area contributed by atoms with Crippen LogP contribution in [0.4, 0.5) is 0 Å². The van der Waals surface area contributed by atoms with Crippen LogP contribution in [-0.4, -0.2) is 17.4 Å². The Morgan fingerprint density at radius 1 is 1.75 bits per heavy atom. The van der Waals surface area contributed by atoms with E-state index in [-0.39, 0.29) is 5.91 Å². The van der Waals surface area contributed by atoms with Crippen molar-refractivity contribution in [3.63, 3.8) is 0 Å². The molecule has 0 saturated carbocycles. The van der Waals surface area contributed by atoms with E-state index in [0.29, 0.717) is 6.54 Å². The summed E-state index contributed by atoms with van der Waals surface area (Å²) in [6.45, 7) is 4.22. The van der Waals surface area contributed by atoms with Crippen LogP contribution in [0, 0.1) is 6.92 Å². The molecular weight excluding hydrogens is 172 g/mol. The smallest absolute Gasteiger partial charge is 0.216 e. The van der Waals surface area contributed by atoms with Gasteiger partial charge in [-0.2, -0.15) is 0 Å². The number of amides is 1. The highest BCUT2D eigenvalue weighted by atomic mass is 32.1. The zero-order valence-electron chi connectivity index (χ0n) is 7.26. The molecule has 0 spiro atoms. The Morgan fingerprint density at radius 3 is 3.00 bits per heavy atom. The van der Waals surface area contributed by atoms with Gasteiger partial charge in [0, 0.05) is 24.8 Å². The largest absolute Gasteiger partial charge is 0.356 e. The third kappa shape index (κ3) is 2.62. The molecule has 3 nitrogen and oxygen atoms in total.